The number of thiophene rings is 1. The van der Waals surface area contributed by atoms with Crippen molar-refractivity contribution in [2.75, 3.05) is 11.4 Å². The number of halogens is 1. The number of rotatable bonds is 3. The smallest absolute Gasteiger partial charge is 0.268 e. The summed E-state index contributed by atoms with van der Waals surface area (Å²) in [5.41, 5.74) is 3.19. The second-order valence-corrected chi connectivity index (χ2v) is 9.08. The third kappa shape index (κ3) is 3.05. The lowest BCUT2D eigenvalue weighted by Crippen LogP contribution is -2.25. The standard InChI is InChI=1S/C21H20ClN3O2S/c1-12-5-4-7-15(22)19(12)25-11-14(10-18(25)26)20-23-21(27-24-20)17-9-13-6-2-3-8-16(13)28-17/h4-5,7,9,14H,2-3,6,8,10-11H2,1H3. The fourth-order valence-electron chi connectivity index (χ4n) is 4.16. The molecular formula is C21H20ClN3O2S. The number of anilines is 1. The van der Waals surface area contributed by atoms with Crippen LogP contribution in [0.1, 0.15) is 47.0 Å². The molecule has 0 bridgehead atoms. The first-order chi connectivity index (χ1) is 13.6. The van der Waals surface area contributed by atoms with Crippen LogP contribution in [0.5, 0.6) is 0 Å². The second kappa shape index (κ2) is 7.01. The van der Waals surface area contributed by atoms with Gasteiger partial charge < -0.3 is 9.42 Å². The summed E-state index contributed by atoms with van der Waals surface area (Å²) in [4.78, 5) is 21.5. The van der Waals surface area contributed by atoms with Crippen LogP contribution in [0, 0.1) is 6.92 Å². The second-order valence-electron chi connectivity index (χ2n) is 7.53. The normalized spacial score (nSPS) is 19.3. The molecule has 3 heterocycles. The van der Waals surface area contributed by atoms with Gasteiger partial charge in [0.1, 0.15) is 0 Å². The largest absolute Gasteiger partial charge is 0.333 e. The van der Waals surface area contributed by atoms with Crippen LogP contribution in [0.25, 0.3) is 10.8 Å². The summed E-state index contributed by atoms with van der Waals surface area (Å²) >= 11 is 8.12. The molecule has 0 saturated carbocycles. The van der Waals surface area contributed by atoms with E-state index in [0.29, 0.717) is 29.7 Å². The van der Waals surface area contributed by atoms with Crippen LogP contribution >= 0.6 is 22.9 Å². The Labute approximate surface area is 172 Å². The quantitative estimate of drug-likeness (QED) is 0.595. The lowest BCUT2D eigenvalue weighted by atomic mass is 9.99. The van der Waals surface area contributed by atoms with E-state index >= 15 is 0 Å². The minimum Gasteiger partial charge on any atom is -0.333 e. The van der Waals surface area contributed by atoms with Gasteiger partial charge in [0.25, 0.3) is 5.89 Å². The van der Waals surface area contributed by atoms with Gasteiger partial charge in [-0.15, -0.1) is 11.3 Å². The Bertz CT molecular complexity index is 1010. The van der Waals surface area contributed by atoms with Gasteiger partial charge >= 0.3 is 0 Å². The number of aryl methyl sites for hydroxylation is 3. The fraction of sp³-hybridized carbons (Fsp3) is 0.381. The van der Waals surface area contributed by atoms with E-state index in [1.165, 1.54) is 23.3 Å². The highest BCUT2D eigenvalue weighted by Gasteiger charge is 2.36. The Morgan fingerprint density at radius 1 is 1.29 bits per heavy atom. The monoisotopic (exact) mass is 413 g/mol. The zero-order chi connectivity index (χ0) is 19.3. The molecule has 0 spiro atoms. The van der Waals surface area contributed by atoms with E-state index in [2.05, 4.69) is 16.2 Å². The molecule has 1 saturated heterocycles. The van der Waals surface area contributed by atoms with Crippen LogP contribution in [0.2, 0.25) is 5.02 Å². The van der Waals surface area contributed by atoms with Crippen LogP contribution in [-0.2, 0) is 17.6 Å². The van der Waals surface area contributed by atoms with Crippen LogP contribution in [0.15, 0.2) is 28.8 Å². The van der Waals surface area contributed by atoms with Crippen molar-refractivity contribution in [3.8, 4) is 10.8 Å². The summed E-state index contributed by atoms with van der Waals surface area (Å²) in [6.07, 6.45) is 5.15. The molecule has 1 aliphatic heterocycles. The molecule has 144 valence electrons. The SMILES string of the molecule is Cc1cccc(Cl)c1N1CC(c2noc(-c3cc4c(s3)CCCC4)n2)CC1=O. The summed E-state index contributed by atoms with van der Waals surface area (Å²) in [5, 5.41) is 4.79. The van der Waals surface area contributed by atoms with Crippen molar-refractivity contribution in [2.45, 2.75) is 44.9 Å². The Morgan fingerprint density at radius 2 is 2.14 bits per heavy atom. The molecule has 0 N–H and O–H groups in total. The maximum atomic E-state index is 12.7. The van der Waals surface area contributed by atoms with Gasteiger partial charge in [0, 0.05) is 23.8 Å². The Hall–Kier alpha value is -2.18. The molecule has 7 heteroatoms. The Balaban J connectivity index is 1.39. The first-order valence-corrected chi connectivity index (χ1v) is 10.8. The number of nitrogens with zero attached hydrogens (tertiary/aromatic N) is 3. The molecule has 2 aliphatic rings. The van der Waals surface area contributed by atoms with Crippen molar-refractivity contribution in [3.05, 3.63) is 51.1 Å². The van der Waals surface area contributed by atoms with Crippen molar-refractivity contribution in [3.63, 3.8) is 0 Å². The number of hydrogen-bond donors (Lipinski definition) is 0. The number of amides is 1. The maximum Gasteiger partial charge on any atom is 0.268 e. The zero-order valence-electron chi connectivity index (χ0n) is 15.6. The number of aromatic nitrogens is 2. The van der Waals surface area contributed by atoms with Gasteiger partial charge in [-0.1, -0.05) is 28.9 Å². The number of carbonyl (C=O) groups excluding carboxylic acids is 1. The summed E-state index contributed by atoms with van der Waals surface area (Å²) < 4.78 is 5.56. The molecule has 5 nitrogen and oxygen atoms in total. The van der Waals surface area contributed by atoms with Crippen molar-refractivity contribution < 1.29 is 9.32 Å². The number of hydrogen-bond acceptors (Lipinski definition) is 5. The summed E-state index contributed by atoms with van der Waals surface area (Å²) in [6, 6.07) is 7.86. The van der Waals surface area contributed by atoms with Crippen molar-refractivity contribution in [2.24, 2.45) is 0 Å². The number of benzene rings is 1. The average Bonchev–Trinajstić information content (AvgIpc) is 3.39. The van der Waals surface area contributed by atoms with E-state index in [-0.39, 0.29) is 11.8 Å². The van der Waals surface area contributed by atoms with E-state index in [1.54, 1.807) is 16.2 Å². The average molecular weight is 414 g/mol. The number of carbonyl (C=O) groups is 1. The highest BCUT2D eigenvalue weighted by molar-refractivity contribution is 7.15. The van der Waals surface area contributed by atoms with Crippen molar-refractivity contribution in [1.82, 2.24) is 10.1 Å². The van der Waals surface area contributed by atoms with E-state index in [4.69, 9.17) is 16.1 Å². The molecular weight excluding hydrogens is 394 g/mol. The highest BCUT2D eigenvalue weighted by Crippen LogP contribution is 2.38. The Kier molecular flexibility index (Phi) is 4.48. The van der Waals surface area contributed by atoms with Crippen molar-refractivity contribution in [1.29, 1.82) is 0 Å². The maximum absolute atomic E-state index is 12.7. The predicted octanol–water partition coefficient (Wildman–Crippen LogP) is 5.16. The summed E-state index contributed by atoms with van der Waals surface area (Å²) in [7, 11) is 0. The minimum absolute atomic E-state index is 0.0409. The number of fused-ring (bicyclic) bond motifs is 1. The molecule has 1 aliphatic carbocycles. The van der Waals surface area contributed by atoms with Gasteiger partial charge in [-0.25, -0.2) is 0 Å². The van der Waals surface area contributed by atoms with E-state index in [0.717, 1.165) is 29.0 Å². The first-order valence-electron chi connectivity index (χ1n) is 9.61. The summed E-state index contributed by atoms with van der Waals surface area (Å²) in [6.45, 7) is 2.48. The molecule has 3 aromatic rings. The van der Waals surface area contributed by atoms with Gasteiger partial charge in [-0.3, -0.25) is 4.79 Å². The van der Waals surface area contributed by atoms with Crippen LogP contribution in [0.3, 0.4) is 0 Å². The number of para-hydroxylation sites is 1. The van der Waals surface area contributed by atoms with Crippen molar-refractivity contribution >= 4 is 34.5 Å². The van der Waals surface area contributed by atoms with Gasteiger partial charge in [0.2, 0.25) is 5.91 Å². The van der Waals surface area contributed by atoms with Crippen LogP contribution < -0.4 is 4.90 Å². The van der Waals surface area contributed by atoms with Gasteiger partial charge in [0.05, 0.1) is 15.6 Å². The molecule has 1 aromatic carbocycles. The molecule has 1 atom stereocenters. The molecule has 1 amide bonds. The first kappa shape index (κ1) is 17.9. The van der Waals surface area contributed by atoms with E-state index < -0.39 is 0 Å². The van der Waals surface area contributed by atoms with Gasteiger partial charge in [0.15, 0.2) is 5.82 Å². The van der Waals surface area contributed by atoms with E-state index in [1.807, 2.05) is 25.1 Å². The lowest BCUT2D eigenvalue weighted by molar-refractivity contribution is -0.117. The summed E-state index contributed by atoms with van der Waals surface area (Å²) in [5.74, 6) is 1.12. The predicted molar refractivity (Wildman–Crippen MR) is 110 cm³/mol. The minimum atomic E-state index is -0.0877. The fourth-order valence-corrected chi connectivity index (χ4v) is 5.66. The van der Waals surface area contributed by atoms with E-state index in [9.17, 15) is 4.79 Å². The highest BCUT2D eigenvalue weighted by atomic mass is 35.5. The van der Waals surface area contributed by atoms with Gasteiger partial charge in [-0.05, 0) is 55.9 Å². The molecule has 0 radical (unpaired) electrons. The molecule has 1 fully saturated rings. The third-order valence-corrected chi connectivity index (χ3v) is 7.13. The Morgan fingerprint density at radius 3 is 2.96 bits per heavy atom. The topological polar surface area (TPSA) is 59.2 Å². The third-order valence-electron chi connectivity index (χ3n) is 5.60. The van der Waals surface area contributed by atoms with Gasteiger partial charge in [-0.2, -0.15) is 4.98 Å². The molecule has 5 rings (SSSR count). The molecule has 2 aromatic heterocycles. The zero-order valence-corrected chi connectivity index (χ0v) is 17.1. The van der Waals surface area contributed by atoms with Crippen LogP contribution in [0.4, 0.5) is 5.69 Å². The lowest BCUT2D eigenvalue weighted by Gasteiger charge is -2.20. The molecule has 1 unspecified atom stereocenters. The van der Waals surface area contributed by atoms with Crippen LogP contribution in [-0.4, -0.2) is 22.6 Å². The molecule has 28 heavy (non-hydrogen) atoms.